The topological polar surface area (TPSA) is 135 Å². The van der Waals surface area contributed by atoms with E-state index >= 15 is 0 Å². The Hall–Kier alpha value is -4.03. The number of nitrogens with zero attached hydrogens (tertiary/aromatic N) is 3. The predicted octanol–water partition coefficient (Wildman–Crippen LogP) is 3.25. The van der Waals surface area contributed by atoms with E-state index in [1.165, 1.54) is 13.4 Å². The van der Waals surface area contributed by atoms with Gasteiger partial charge in [0.15, 0.2) is 0 Å². The van der Waals surface area contributed by atoms with Crippen LogP contribution >= 0.6 is 15.9 Å². The minimum atomic E-state index is -0.518. The molecule has 2 aromatic carbocycles. The summed E-state index contributed by atoms with van der Waals surface area (Å²) in [5, 5.41) is 9.33. The summed E-state index contributed by atoms with van der Waals surface area (Å²) in [6, 6.07) is 11.0. The van der Waals surface area contributed by atoms with E-state index in [0.29, 0.717) is 47.9 Å². The van der Waals surface area contributed by atoms with Gasteiger partial charge in [-0.05, 0) is 38.2 Å². The van der Waals surface area contributed by atoms with Crippen molar-refractivity contribution in [1.82, 2.24) is 20.2 Å². The number of carbonyl (C=O) groups excluding carboxylic acids is 3. The summed E-state index contributed by atoms with van der Waals surface area (Å²) in [6.07, 6.45) is 3.71. The molecule has 38 heavy (non-hydrogen) atoms. The highest BCUT2D eigenvalue weighted by molar-refractivity contribution is 9.10. The smallest absolute Gasteiger partial charge is 0.320 e. The molecule has 3 aromatic rings. The summed E-state index contributed by atoms with van der Waals surface area (Å²) in [7, 11) is 3.23. The molecule has 3 rings (SSSR count). The third-order valence-corrected chi connectivity index (χ3v) is 5.68. The van der Waals surface area contributed by atoms with Gasteiger partial charge in [0, 0.05) is 46.9 Å². The van der Waals surface area contributed by atoms with Gasteiger partial charge in [0.25, 0.3) is 0 Å². The maximum atomic E-state index is 12.6. The van der Waals surface area contributed by atoms with Crippen LogP contribution < -0.4 is 20.7 Å². The Labute approximate surface area is 228 Å². The lowest BCUT2D eigenvalue weighted by molar-refractivity contribution is -0.144. The molecule has 0 bridgehead atoms. The number of hydrogen-bond donors (Lipinski definition) is 3. The number of rotatable bonds is 12. The van der Waals surface area contributed by atoms with Crippen LogP contribution in [0.3, 0.4) is 0 Å². The number of anilines is 3. The molecule has 0 aliphatic heterocycles. The van der Waals surface area contributed by atoms with Crippen molar-refractivity contribution in [2.45, 2.75) is 6.92 Å². The highest BCUT2D eigenvalue weighted by atomic mass is 79.9. The predicted molar refractivity (Wildman–Crippen MR) is 148 cm³/mol. The molecule has 0 radical (unpaired) electrons. The molecule has 0 fully saturated rings. The van der Waals surface area contributed by atoms with Gasteiger partial charge < -0.3 is 25.4 Å². The number of benzene rings is 2. The molecule has 2 amide bonds. The number of methoxy groups -OCH3 is 1. The second-order valence-electron chi connectivity index (χ2n) is 8.08. The number of halogens is 1. The lowest BCUT2D eigenvalue weighted by Crippen LogP contribution is -2.35. The van der Waals surface area contributed by atoms with Crippen molar-refractivity contribution in [2.24, 2.45) is 0 Å². The van der Waals surface area contributed by atoms with Crippen LogP contribution in [0.4, 0.5) is 17.2 Å². The van der Waals surface area contributed by atoms with Crippen LogP contribution in [0.5, 0.6) is 5.75 Å². The molecule has 0 aliphatic rings. The van der Waals surface area contributed by atoms with Crippen molar-refractivity contribution >= 4 is 61.8 Å². The van der Waals surface area contributed by atoms with Gasteiger partial charge in [0.1, 0.15) is 17.9 Å². The zero-order valence-corrected chi connectivity index (χ0v) is 22.9. The lowest BCUT2D eigenvalue weighted by Gasteiger charge is -2.15. The number of aromatic nitrogens is 2. The molecule has 200 valence electrons. The van der Waals surface area contributed by atoms with Gasteiger partial charge in [-0.2, -0.15) is 0 Å². The number of carbonyl (C=O) groups is 3. The first-order valence-electron chi connectivity index (χ1n) is 11.8. The molecule has 0 saturated heterocycles. The van der Waals surface area contributed by atoms with E-state index in [9.17, 15) is 14.4 Å². The van der Waals surface area contributed by atoms with E-state index in [1.54, 1.807) is 31.0 Å². The summed E-state index contributed by atoms with van der Waals surface area (Å²) in [4.78, 5) is 46.5. The van der Waals surface area contributed by atoms with Crippen LogP contribution in [-0.2, 0) is 19.1 Å². The third-order valence-electron chi connectivity index (χ3n) is 5.18. The molecule has 1 heterocycles. The van der Waals surface area contributed by atoms with Gasteiger partial charge >= 0.3 is 5.97 Å². The van der Waals surface area contributed by atoms with Gasteiger partial charge in [-0.1, -0.05) is 22.0 Å². The summed E-state index contributed by atoms with van der Waals surface area (Å²) in [5.74, 6) is -0.334. The van der Waals surface area contributed by atoms with E-state index in [2.05, 4.69) is 41.8 Å². The first-order chi connectivity index (χ1) is 18.3. The van der Waals surface area contributed by atoms with Gasteiger partial charge in [0.05, 0.1) is 31.5 Å². The second kappa shape index (κ2) is 14.1. The standard InChI is InChI=1S/C26H29BrN6O5/c1-4-38-25(36)15-33(2)11-10-28-23(34)8-9-24(35)32-21-13-19-20(14-22(21)37-3)29-16-30-26(19)31-18-7-5-6-17(27)12-18/h5-9,12-14,16H,4,10-11,15H2,1-3H3,(H,28,34)(H,32,35)(H,29,30,31)/b9-8+. The van der Waals surface area contributed by atoms with Crippen LogP contribution in [0.25, 0.3) is 10.9 Å². The summed E-state index contributed by atoms with van der Waals surface area (Å²) in [5.41, 5.74) is 1.83. The first kappa shape index (κ1) is 28.5. The fraction of sp³-hybridized carbons (Fsp3) is 0.269. The van der Waals surface area contributed by atoms with Gasteiger partial charge in [0.2, 0.25) is 11.8 Å². The Morgan fingerprint density at radius 2 is 1.89 bits per heavy atom. The van der Waals surface area contributed by atoms with Crippen molar-refractivity contribution < 1.29 is 23.9 Å². The van der Waals surface area contributed by atoms with E-state index in [1.807, 2.05) is 24.3 Å². The Kier molecular flexibility index (Phi) is 10.6. The van der Waals surface area contributed by atoms with Crippen LogP contribution in [0, 0.1) is 0 Å². The fourth-order valence-electron chi connectivity index (χ4n) is 3.41. The molecule has 3 N–H and O–H groups in total. The monoisotopic (exact) mass is 584 g/mol. The highest BCUT2D eigenvalue weighted by Crippen LogP contribution is 2.33. The molecule has 0 saturated carbocycles. The molecule has 11 nitrogen and oxygen atoms in total. The zero-order valence-electron chi connectivity index (χ0n) is 21.3. The number of fused-ring (bicyclic) bond motifs is 1. The van der Waals surface area contributed by atoms with Crippen LogP contribution in [-0.4, -0.2) is 73.1 Å². The quantitative estimate of drug-likeness (QED) is 0.216. The Balaban J connectivity index is 1.64. The number of hydrogen-bond acceptors (Lipinski definition) is 9. The maximum absolute atomic E-state index is 12.6. The van der Waals surface area contributed by atoms with Crippen LogP contribution in [0.1, 0.15) is 6.92 Å². The third kappa shape index (κ3) is 8.53. The summed E-state index contributed by atoms with van der Waals surface area (Å²) in [6.45, 7) is 2.93. The maximum Gasteiger partial charge on any atom is 0.320 e. The van der Waals surface area contributed by atoms with E-state index in [0.717, 1.165) is 22.3 Å². The SMILES string of the molecule is CCOC(=O)CN(C)CCNC(=O)/C=C/C(=O)Nc1cc2c(Nc3cccc(Br)c3)ncnc2cc1OC. The minimum absolute atomic E-state index is 0.126. The Bertz CT molecular complexity index is 1330. The normalized spacial score (nSPS) is 11.0. The van der Waals surface area contributed by atoms with Crippen molar-refractivity contribution in [1.29, 1.82) is 0 Å². The van der Waals surface area contributed by atoms with Crippen molar-refractivity contribution in [3.05, 3.63) is 59.4 Å². The van der Waals surface area contributed by atoms with E-state index in [-0.39, 0.29) is 12.5 Å². The minimum Gasteiger partial charge on any atom is -0.494 e. The van der Waals surface area contributed by atoms with Gasteiger partial charge in [-0.3, -0.25) is 19.3 Å². The Morgan fingerprint density at radius 3 is 2.63 bits per heavy atom. The molecule has 12 heteroatoms. The number of esters is 1. The van der Waals surface area contributed by atoms with E-state index in [4.69, 9.17) is 9.47 Å². The zero-order chi connectivity index (χ0) is 27.5. The average Bonchev–Trinajstić information content (AvgIpc) is 2.87. The molecular weight excluding hydrogens is 556 g/mol. The summed E-state index contributed by atoms with van der Waals surface area (Å²) < 4.78 is 11.2. The van der Waals surface area contributed by atoms with E-state index < -0.39 is 11.8 Å². The second-order valence-corrected chi connectivity index (χ2v) is 9.00. The number of amides is 2. The largest absolute Gasteiger partial charge is 0.494 e. The highest BCUT2D eigenvalue weighted by Gasteiger charge is 2.13. The molecule has 0 spiro atoms. The van der Waals surface area contributed by atoms with Gasteiger partial charge in [-0.15, -0.1) is 0 Å². The van der Waals surface area contributed by atoms with Crippen LogP contribution in [0.2, 0.25) is 0 Å². The lowest BCUT2D eigenvalue weighted by atomic mass is 10.2. The summed E-state index contributed by atoms with van der Waals surface area (Å²) >= 11 is 3.45. The molecule has 1 aromatic heterocycles. The number of nitrogens with one attached hydrogen (secondary N) is 3. The molecule has 0 aliphatic carbocycles. The Morgan fingerprint density at radius 1 is 1.11 bits per heavy atom. The van der Waals surface area contributed by atoms with Crippen molar-refractivity contribution in [2.75, 3.05) is 51.0 Å². The van der Waals surface area contributed by atoms with Crippen LogP contribution in [0.15, 0.2) is 59.4 Å². The fourth-order valence-corrected chi connectivity index (χ4v) is 3.81. The first-order valence-corrected chi connectivity index (χ1v) is 12.5. The average molecular weight is 585 g/mol. The number of likely N-dealkylation sites (N-methyl/N-ethyl adjacent to an activating group) is 1. The molecular formula is C26H29BrN6O5. The van der Waals surface area contributed by atoms with Crippen molar-refractivity contribution in [3.8, 4) is 5.75 Å². The van der Waals surface area contributed by atoms with Gasteiger partial charge in [-0.25, -0.2) is 9.97 Å². The van der Waals surface area contributed by atoms with Crippen molar-refractivity contribution in [3.63, 3.8) is 0 Å². The molecule has 0 atom stereocenters. The number of ether oxygens (including phenoxy) is 2. The molecule has 0 unspecified atom stereocenters.